The lowest BCUT2D eigenvalue weighted by Crippen LogP contribution is -2.47. The van der Waals surface area contributed by atoms with E-state index in [1.54, 1.807) is 18.5 Å². The first-order chi connectivity index (χ1) is 10.3. The number of aromatic nitrogens is 3. The van der Waals surface area contributed by atoms with E-state index >= 15 is 0 Å². The molecule has 1 fully saturated rings. The SMILES string of the molecule is Fc1cnc(N2CCN(c3ncccn3)CC2)c(CCl)c1. The van der Waals surface area contributed by atoms with E-state index in [0.29, 0.717) is 0 Å². The van der Waals surface area contributed by atoms with Gasteiger partial charge >= 0.3 is 0 Å². The molecule has 0 saturated carbocycles. The van der Waals surface area contributed by atoms with E-state index in [4.69, 9.17) is 11.6 Å². The van der Waals surface area contributed by atoms with Crippen LogP contribution in [0.4, 0.5) is 16.2 Å². The minimum absolute atomic E-state index is 0.252. The number of piperazine rings is 1. The van der Waals surface area contributed by atoms with Crippen molar-refractivity contribution in [1.82, 2.24) is 15.0 Å². The van der Waals surface area contributed by atoms with Gasteiger partial charge in [-0.2, -0.15) is 0 Å². The van der Waals surface area contributed by atoms with Crippen molar-refractivity contribution in [1.29, 1.82) is 0 Å². The molecule has 21 heavy (non-hydrogen) atoms. The number of hydrogen-bond donors (Lipinski definition) is 0. The summed E-state index contributed by atoms with van der Waals surface area (Å²) in [5.41, 5.74) is 0.723. The average Bonchev–Trinajstić information content (AvgIpc) is 2.56. The summed E-state index contributed by atoms with van der Waals surface area (Å²) in [6.45, 7) is 3.15. The molecule has 1 aliphatic rings. The molecule has 0 spiro atoms. The number of nitrogens with zero attached hydrogens (tertiary/aromatic N) is 5. The summed E-state index contributed by atoms with van der Waals surface area (Å²) in [6, 6.07) is 3.25. The first kappa shape index (κ1) is 14.0. The van der Waals surface area contributed by atoms with Gasteiger partial charge in [0.1, 0.15) is 11.6 Å². The van der Waals surface area contributed by atoms with Crippen LogP contribution in [0.5, 0.6) is 0 Å². The fraction of sp³-hybridized carbons (Fsp3) is 0.357. The van der Waals surface area contributed by atoms with Crippen LogP contribution in [0.3, 0.4) is 0 Å². The van der Waals surface area contributed by atoms with E-state index < -0.39 is 0 Å². The van der Waals surface area contributed by atoms with Gasteiger partial charge in [-0.1, -0.05) is 0 Å². The van der Waals surface area contributed by atoms with E-state index in [0.717, 1.165) is 43.5 Å². The minimum atomic E-state index is -0.356. The minimum Gasteiger partial charge on any atom is -0.353 e. The largest absolute Gasteiger partial charge is 0.353 e. The van der Waals surface area contributed by atoms with Crippen LogP contribution in [0.15, 0.2) is 30.7 Å². The highest BCUT2D eigenvalue weighted by Crippen LogP contribution is 2.22. The molecule has 0 bridgehead atoms. The maximum absolute atomic E-state index is 13.2. The topological polar surface area (TPSA) is 45.2 Å². The first-order valence-corrected chi connectivity index (χ1v) is 7.28. The zero-order chi connectivity index (χ0) is 14.7. The summed E-state index contributed by atoms with van der Waals surface area (Å²) in [5.74, 6) is 1.40. The second-order valence-corrected chi connectivity index (χ2v) is 5.06. The molecule has 0 radical (unpaired) electrons. The Morgan fingerprint density at radius 3 is 2.38 bits per heavy atom. The van der Waals surface area contributed by atoms with E-state index in [1.165, 1.54) is 12.3 Å². The number of alkyl halides is 1. The van der Waals surface area contributed by atoms with E-state index in [1.807, 2.05) is 0 Å². The fourth-order valence-corrected chi connectivity index (χ4v) is 2.63. The maximum Gasteiger partial charge on any atom is 0.225 e. The zero-order valence-corrected chi connectivity index (χ0v) is 12.2. The Balaban J connectivity index is 1.71. The quantitative estimate of drug-likeness (QED) is 0.812. The van der Waals surface area contributed by atoms with Crippen LogP contribution >= 0.6 is 11.6 Å². The lowest BCUT2D eigenvalue weighted by atomic mass is 10.2. The predicted octanol–water partition coefficient (Wildman–Crippen LogP) is 2.08. The van der Waals surface area contributed by atoms with Crippen molar-refractivity contribution in [2.45, 2.75) is 5.88 Å². The summed E-state index contributed by atoms with van der Waals surface area (Å²) in [6.07, 6.45) is 4.71. The van der Waals surface area contributed by atoms with Crippen molar-refractivity contribution in [3.63, 3.8) is 0 Å². The van der Waals surface area contributed by atoms with E-state index in [2.05, 4.69) is 24.8 Å². The van der Waals surface area contributed by atoms with Gasteiger partial charge in [-0.05, 0) is 12.1 Å². The molecule has 110 valence electrons. The fourth-order valence-electron chi connectivity index (χ4n) is 2.43. The van der Waals surface area contributed by atoms with Gasteiger partial charge in [0.2, 0.25) is 5.95 Å². The predicted molar refractivity (Wildman–Crippen MR) is 80.2 cm³/mol. The van der Waals surface area contributed by atoms with Crippen LogP contribution in [-0.2, 0) is 5.88 Å². The molecule has 0 N–H and O–H groups in total. The lowest BCUT2D eigenvalue weighted by Gasteiger charge is -2.36. The number of halogens is 2. The summed E-state index contributed by atoms with van der Waals surface area (Å²) >= 11 is 5.88. The Bertz CT molecular complexity index is 602. The average molecular weight is 308 g/mol. The molecular formula is C14H15ClFN5. The van der Waals surface area contributed by atoms with Gasteiger partial charge in [-0.15, -0.1) is 11.6 Å². The molecule has 1 saturated heterocycles. The number of pyridine rings is 1. The van der Waals surface area contributed by atoms with Gasteiger partial charge in [0.05, 0.1) is 12.1 Å². The summed E-state index contributed by atoms with van der Waals surface area (Å²) in [7, 11) is 0. The van der Waals surface area contributed by atoms with Crippen LogP contribution in [0.2, 0.25) is 0 Å². The highest BCUT2D eigenvalue weighted by molar-refractivity contribution is 6.17. The lowest BCUT2D eigenvalue weighted by molar-refractivity contribution is 0.609. The standard InChI is InChI=1S/C14H15ClFN5/c15-9-11-8-12(16)10-19-13(11)20-4-6-21(7-5-20)14-17-2-1-3-18-14/h1-3,8,10H,4-7,9H2. The van der Waals surface area contributed by atoms with Crippen molar-refractivity contribution in [3.05, 3.63) is 42.1 Å². The number of rotatable bonds is 3. The Morgan fingerprint density at radius 1 is 1.05 bits per heavy atom. The summed E-state index contributed by atoms with van der Waals surface area (Å²) < 4.78 is 13.2. The normalized spacial score (nSPS) is 15.3. The van der Waals surface area contributed by atoms with Crippen LogP contribution in [0.25, 0.3) is 0 Å². The molecule has 5 nitrogen and oxygen atoms in total. The highest BCUT2D eigenvalue weighted by Gasteiger charge is 2.21. The Hall–Kier alpha value is -1.95. The van der Waals surface area contributed by atoms with Crippen LogP contribution in [-0.4, -0.2) is 41.1 Å². The van der Waals surface area contributed by atoms with Gasteiger partial charge in [-0.3, -0.25) is 0 Å². The van der Waals surface area contributed by atoms with E-state index in [-0.39, 0.29) is 11.7 Å². The number of hydrogen-bond acceptors (Lipinski definition) is 5. The van der Waals surface area contributed by atoms with Crippen molar-refractivity contribution >= 4 is 23.4 Å². The van der Waals surface area contributed by atoms with E-state index in [9.17, 15) is 4.39 Å². The molecule has 0 unspecified atom stereocenters. The molecule has 0 amide bonds. The van der Waals surface area contributed by atoms with Crippen LogP contribution < -0.4 is 9.80 Å². The van der Waals surface area contributed by atoms with Gasteiger partial charge in [0.15, 0.2) is 0 Å². The Labute approximate surface area is 127 Å². The molecule has 2 aromatic rings. The number of anilines is 2. The third kappa shape index (κ3) is 3.05. The molecule has 0 aromatic carbocycles. The van der Waals surface area contributed by atoms with Crippen molar-refractivity contribution in [2.24, 2.45) is 0 Å². The monoisotopic (exact) mass is 307 g/mol. The molecular weight excluding hydrogens is 293 g/mol. The molecule has 2 aromatic heterocycles. The van der Waals surface area contributed by atoms with Crippen molar-refractivity contribution in [2.75, 3.05) is 36.0 Å². The molecule has 1 aliphatic heterocycles. The van der Waals surface area contributed by atoms with Gasteiger partial charge in [0, 0.05) is 44.1 Å². The third-order valence-electron chi connectivity index (χ3n) is 3.47. The molecule has 3 rings (SSSR count). The third-order valence-corrected chi connectivity index (χ3v) is 3.76. The molecule has 3 heterocycles. The molecule has 7 heteroatoms. The van der Waals surface area contributed by atoms with Gasteiger partial charge in [0.25, 0.3) is 0 Å². The zero-order valence-electron chi connectivity index (χ0n) is 11.4. The van der Waals surface area contributed by atoms with Crippen LogP contribution in [0.1, 0.15) is 5.56 Å². The smallest absolute Gasteiger partial charge is 0.225 e. The maximum atomic E-state index is 13.2. The van der Waals surface area contributed by atoms with Crippen molar-refractivity contribution in [3.8, 4) is 0 Å². The summed E-state index contributed by atoms with van der Waals surface area (Å²) in [4.78, 5) is 16.9. The van der Waals surface area contributed by atoms with Gasteiger partial charge < -0.3 is 9.80 Å². The highest BCUT2D eigenvalue weighted by atomic mass is 35.5. The molecule has 0 aliphatic carbocycles. The second-order valence-electron chi connectivity index (χ2n) is 4.79. The summed E-state index contributed by atoms with van der Waals surface area (Å²) in [5, 5.41) is 0. The van der Waals surface area contributed by atoms with Crippen molar-refractivity contribution < 1.29 is 4.39 Å². The molecule has 0 atom stereocenters. The van der Waals surface area contributed by atoms with Gasteiger partial charge in [-0.25, -0.2) is 19.3 Å². The second kappa shape index (κ2) is 6.22. The Kier molecular flexibility index (Phi) is 4.15. The Morgan fingerprint density at radius 2 is 1.71 bits per heavy atom. The first-order valence-electron chi connectivity index (χ1n) is 6.75. The van der Waals surface area contributed by atoms with Crippen LogP contribution in [0, 0.1) is 5.82 Å².